The predicted octanol–water partition coefficient (Wildman–Crippen LogP) is 4.03. The van der Waals surface area contributed by atoms with Gasteiger partial charge in [-0.1, -0.05) is 32.6 Å². The number of benzene rings is 1. The fraction of sp³-hybridized carbons (Fsp3) is 0.263. The number of anilines is 1. The van der Waals surface area contributed by atoms with Gasteiger partial charge < -0.3 is 15.4 Å². The van der Waals surface area contributed by atoms with E-state index in [2.05, 4.69) is 49.5 Å². The van der Waals surface area contributed by atoms with Gasteiger partial charge in [-0.05, 0) is 41.3 Å². The molecule has 1 heterocycles. The summed E-state index contributed by atoms with van der Waals surface area (Å²) in [6.45, 7) is 6.50. The standard InChI is InChI=1S/C19H20N2O/c1-19(2,3)15-12-21(13-8-6-4-5-7-9-13)17-11-16(20)18(22)10-14(15)17/h6,8-12,22H,7,20H2,1-3H3. The maximum atomic E-state index is 9.99. The van der Waals surface area contributed by atoms with Gasteiger partial charge >= 0.3 is 0 Å². The molecule has 0 bridgehead atoms. The molecule has 1 aliphatic rings. The lowest BCUT2D eigenvalue weighted by atomic mass is 9.87. The summed E-state index contributed by atoms with van der Waals surface area (Å²) in [6.07, 6.45) is 8.83. The molecule has 0 fully saturated rings. The summed E-state index contributed by atoms with van der Waals surface area (Å²) < 4.78 is 2.12. The number of nitrogen functional groups attached to an aromatic ring is 1. The van der Waals surface area contributed by atoms with Gasteiger partial charge in [0.2, 0.25) is 0 Å². The van der Waals surface area contributed by atoms with Crippen LogP contribution in [-0.2, 0) is 5.41 Å². The van der Waals surface area contributed by atoms with E-state index in [4.69, 9.17) is 5.73 Å². The van der Waals surface area contributed by atoms with Crippen LogP contribution in [0.4, 0.5) is 5.69 Å². The number of hydrogen-bond donors (Lipinski definition) is 2. The minimum Gasteiger partial charge on any atom is -0.506 e. The molecule has 0 atom stereocenters. The van der Waals surface area contributed by atoms with Crippen LogP contribution in [0.3, 0.4) is 0 Å². The molecule has 0 saturated heterocycles. The third-order valence-electron chi connectivity index (χ3n) is 3.89. The van der Waals surface area contributed by atoms with Gasteiger partial charge in [0.15, 0.2) is 0 Å². The Hall–Kier alpha value is -2.60. The molecular formula is C19H20N2O. The number of nitrogens with two attached hydrogens (primary N) is 1. The molecule has 22 heavy (non-hydrogen) atoms. The Bertz CT molecular complexity index is 865. The number of aromatic hydroxyl groups is 1. The SMILES string of the molecule is CC(C)(C)c1cn(C2=CCC#CC=C2)c2cc(N)c(O)cc12. The fourth-order valence-corrected chi connectivity index (χ4v) is 2.73. The first kappa shape index (κ1) is 14.3. The number of aromatic nitrogens is 1. The number of allylic oxidation sites excluding steroid dienone is 4. The predicted molar refractivity (Wildman–Crippen MR) is 92.5 cm³/mol. The van der Waals surface area contributed by atoms with Gasteiger partial charge in [-0.15, -0.1) is 0 Å². The van der Waals surface area contributed by atoms with E-state index in [1.807, 2.05) is 18.2 Å². The molecule has 3 rings (SSSR count). The lowest BCUT2D eigenvalue weighted by molar-refractivity contribution is 0.478. The topological polar surface area (TPSA) is 51.2 Å². The molecule has 3 N–H and O–H groups in total. The number of fused-ring (bicyclic) bond motifs is 1. The summed E-state index contributed by atoms with van der Waals surface area (Å²) in [6, 6.07) is 3.60. The van der Waals surface area contributed by atoms with Crippen molar-refractivity contribution in [3.63, 3.8) is 0 Å². The lowest BCUT2D eigenvalue weighted by Gasteiger charge is -2.17. The Balaban J connectivity index is 2.31. The van der Waals surface area contributed by atoms with Crippen LogP contribution in [0.25, 0.3) is 16.6 Å². The Labute approximate surface area is 130 Å². The molecule has 2 aromatic rings. The maximum Gasteiger partial charge on any atom is 0.139 e. The van der Waals surface area contributed by atoms with E-state index in [-0.39, 0.29) is 11.2 Å². The molecule has 1 aromatic heterocycles. The highest BCUT2D eigenvalue weighted by atomic mass is 16.3. The Morgan fingerprint density at radius 3 is 2.77 bits per heavy atom. The van der Waals surface area contributed by atoms with Gasteiger partial charge in [-0.3, -0.25) is 0 Å². The van der Waals surface area contributed by atoms with E-state index in [9.17, 15) is 5.11 Å². The largest absolute Gasteiger partial charge is 0.506 e. The van der Waals surface area contributed by atoms with Crippen LogP contribution in [0, 0.1) is 11.8 Å². The molecule has 3 heteroatoms. The van der Waals surface area contributed by atoms with Crippen molar-refractivity contribution in [1.82, 2.24) is 4.57 Å². The average Bonchev–Trinajstić information content (AvgIpc) is 2.63. The van der Waals surface area contributed by atoms with Gasteiger partial charge in [-0.25, -0.2) is 0 Å². The second kappa shape index (κ2) is 4.99. The minimum absolute atomic E-state index is 0.0302. The maximum absolute atomic E-state index is 9.99. The van der Waals surface area contributed by atoms with E-state index in [1.54, 1.807) is 6.07 Å². The summed E-state index contributed by atoms with van der Waals surface area (Å²) in [5.74, 6) is 6.18. The monoisotopic (exact) mass is 292 g/mol. The molecule has 3 nitrogen and oxygen atoms in total. The normalized spacial score (nSPS) is 14.4. The van der Waals surface area contributed by atoms with E-state index >= 15 is 0 Å². The highest BCUT2D eigenvalue weighted by molar-refractivity contribution is 5.93. The van der Waals surface area contributed by atoms with Crippen LogP contribution in [-0.4, -0.2) is 9.67 Å². The number of phenolic OH excluding ortho intramolecular Hbond substituents is 1. The van der Waals surface area contributed by atoms with Crippen molar-refractivity contribution in [1.29, 1.82) is 0 Å². The third kappa shape index (κ3) is 2.37. The summed E-state index contributed by atoms with van der Waals surface area (Å²) >= 11 is 0. The van der Waals surface area contributed by atoms with Crippen LogP contribution < -0.4 is 5.73 Å². The number of nitrogens with zero attached hydrogens (tertiary/aromatic N) is 1. The van der Waals surface area contributed by atoms with Crippen molar-refractivity contribution in [2.24, 2.45) is 0 Å². The second-order valence-electron chi connectivity index (χ2n) is 6.58. The lowest BCUT2D eigenvalue weighted by Crippen LogP contribution is -2.10. The molecule has 0 saturated carbocycles. The molecule has 0 unspecified atom stereocenters. The van der Waals surface area contributed by atoms with Crippen molar-refractivity contribution in [3.8, 4) is 17.6 Å². The van der Waals surface area contributed by atoms with Crippen LogP contribution in [0.15, 0.2) is 36.6 Å². The number of rotatable bonds is 1. The smallest absolute Gasteiger partial charge is 0.139 e. The Morgan fingerprint density at radius 1 is 1.27 bits per heavy atom. The van der Waals surface area contributed by atoms with Crippen molar-refractivity contribution in [2.45, 2.75) is 32.6 Å². The van der Waals surface area contributed by atoms with Gasteiger partial charge in [0.05, 0.1) is 11.2 Å². The quantitative estimate of drug-likeness (QED) is 0.473. The summed E-state index contributed by atoms with van der Waals surface area (Å²) in [5.41, 5.74) is 9.50. The fourth-order valence-electron chi connectivity index (χ4n) is 2.73. The molecule has 1 aliphatic carbocycles. The molecule has 0 spiro atoms. The minimum atomic E-state index is -0.0302. The first-order valence-electron chi connectivity index (χ1n) is 7.37. The average molecular weight is 292 g/mol. The molecule has 0 radical (unpaired) electrons. The zero-order chi connectivity index (χ0) is 15.9. The number of phenols is 1. The van der Waals surface area contributed by atoms with Crippen molar-refractivity contribution in [3.05, 3.63) is 42.1 Å². The first-order valence-corrected chi connectivity index (χ1v) is 7.37. The molecule has 112 valence electrons. The Morgan fingerprint density at radius 2 is 2.05 bits per heavy atom. The molecule has 0 amide bonds. The molecule has 0 aliphatic heterocycles. The van der Waals surface area contributed by atoms with Gasteiger partial charge in [0, 0.05) is 23.7 Å². The zero-order valence-corrected chi connectivity index (χ0v) is 13.1. The third-order valence-corrected chi connectivity index (χ3v) is 3.89. The second-order valence-corrected chi connectivity index (χ2v) is 6.58. The zero-order valence-electron chi connectivity index (χ0n) is 13.1. The van der Waals surface area contributed by atoms with Crippen molar-refractivity contribution >= 4 is 22.3 Å². The van der Waals surface area contributed by atoms with Crippen LogP contribution in [0.2, 0.25) is 0 Å². The summed E-state index contributed by atoms with van der Waals surface area (Å²) in [5, 5.41) is 11.0. The first-order chi connectivity index (χ1) is 10.4. The van der Waals surface area contributed by atoms with Crippen LogP contribution in [0.5, 0.6) is 5.75 Å². The van der Waals surface area contributed by atoms with Crippen molar-refractivity contribution in [2.75, 3.05) is 5.73 Å². The highest BCUT2D eigenvalue weighted by Crippen LogP contribution is 2.37. The Kier molecular flexibility index (Phi) is 3.26. The van der Waals surface area contributed by atoms with Crippen molar-refractivity contribution < 1.29 is 5.11 Å². The van der Waals surface area contributed by atoms with Crippen LogP contribution in [0.1, 0.15) is 32.8 Å². The summed E-state index contributed by atoms with van der Waals surface area (Å²) in [4.78, 5) is 0. The van der Waals surface area contributed by atoms with Gasteiger partial charge in [0.1, 0.15) is 5.75 Å². The van der Waals surface area contributed by atoms with E-state index in [1.165, 1.54) is 5.56 Å². The van der Waals surface area contributed by atoms with Gasteiger partial charge in [-0.2, -0.15) is 0 Å². The van der Waals surface area contributed by atoms with Crippen LogP contribution >= 0.6 is 0 Å². The van der Waals surface area contributed by atoms with E-state index < -0.39 is 0 Å². The molecular weight excluding hydrogens is 272 g/mol. The molecule has 1 aromatic carbocycles. The highest BCUT2D eigenvalue weighted by Gasteiger charge is 2.22. The number of hydrogen-bond acceptors (Lipinski definition) is 2. The summed E-state index contributed by atoms with van der Waals surface area (Å²) in [7, 11) is 0. The van der Waals surface area contributed by atoms with Gasteiger partial charge in [0.25, 0.3) is 0 Å². The van der Waals surface area contributed by atoms with E-state index in [0.717, 1.165) is 23.0 Å². The van der Waals surface area contributed by atoms with E-state index in [0.29, 0.717) is 5.69 Å².